The predicted octanol–water partition coefficient (Wildman–Crippen LogP) is 3.15. The fourth-order valence-electron chi connectivity index (χ4n) is 4.68. The fourth-order valence-corrected chi connectivity index (χ4v) is 4.68. The summed E-state index contributed by atoms with van der Waals surface area (Å²) in [7, 11) is 0. The van der Waals surface area contributed by atoms with Crippen molar-refractivity contribution >= 4 is 11.6 Å². The molecule has 6 heteroatoms. The number of fused-ring (bicyclic) bond motifs is 2. The van der Waals surface area contributed by atoms with Crippen LogP contribution in [0.5, 0.6) is 0 Å². The Morgan fingerprint density at radius 1 is 1.13 bits per heavy atom. The number of nitrogens with zero attached hydrogens (tertiary/aromatic N) is 3. The van der Waals surface area contributed by atoms with Gasteiger partial charge in [0.15, 0.2) is 0 Å². The van der Waals surface area contributed by atoms with E-state index in [0.717, 1.165) is 24.5 Å². The first-order valence-corrected chi connectivity index (χ1v) is 10.7. The van der Waals surface area contributed by atoms with Gasteiger partial charge in [0.05, 0.1) is 30.7 Å². The number of aromatic nitrogens is 2. The minimum Gasteiger partial charge on any atom is -0.367 e. The lowest BCUT2D eigenvalue weighted by molar-refractivity contribution is -0.130. The SMILES string of the molecule is Cc1cnc(CNC(=O)C2CC3(CO2)CN(Cc2ccccc2)c2ccccc23)cn1. The fraction of sp³-hybridized carbons (Fsp3) is 0.320. The topological polar surface area (TPSA) is 67.3 Å². The number of carbonyl (C=O) groups excluding carboxylic acids is 1. The molecule has 3 heterocycles. The third-order valence-corrected chi connectivity index (χ3v) is 6.23. The standard InChI is InChI=1S/C25H26N4O2/c1-18-12-27-20(13-26-18)14-28-24(30)23-11-25(17-31-23)16-29(15-19-7-3-2-4-8-19)22-10-6-5-9-21(22)25/h2-10,12-13,23H,11,14-17H2,1H3,(H,28,30). The zero-order valence-electron chi connectivity index (χ0n) is 17.6. The molecule has 2 atom stereocenters. The van der Waals surface area contributed by atoms with E-state index < -0.39 is 6.10 Å². The van der Waals surface area contributed by atoms with E-state index in [0.29, 0.717) is 19.6 Å². The maximum absolute atomic E-state index is 12.8. The highest BCUT2D eigenvalue weighted by Gasteiger charge is 2.50. The van der Waals surface area contributed by atoms with Crippen molar-refractivity contribution in [2.24, 2.45) is 0 Å². The van der Waals surface area contributed by atoms with Crippen LogP contribution in [0.4, 0.5) is 5.69 Å². The summed E-state index contributed by atoms with van der Waals surface area (Å²) in [5.74, 6) is -0.0850. The Hall–Kier alpha value is -3.25. The zero-order chi connectivity index (χ0) is 21.3. The predicted molar refractivity (Wildman–Crippen MR) is 119 cm³/mol. The monoisotopic (exact) mass is 414 g/mol. The Bertz CT molecular complexity index is 1070. The van der Waals surface area contributed by atoms with Crippen molar-refractivity contribution in [1.29, 1.82) is 0 Å². The summed E-state index contributed by atoms with van der Waals surface area (Å²) in [4.78, 5) is 23.8. The molecule has 3 aromatic rings. The Morgan fingerprint density at radius 3 is 2.74 bits per heavy atom. The number of hydrogen-bond acceptors (Lipinski definition) is 5. The van der Waals surface area contributed by atoms with Crippen molar-refractivity contribution in [2.45, 2.75) is 38.0 Å². The van der Waals surface area contributed by atoms with Crippen molar-refractivity contribution < 1.29 is 9.53 Å². The number of anilines is 1. The quantitative estimate of drug-likeness (QED) is 0.695. The molecule has 2 aliphatic rings. The van der Waals surface area contributed by atoms with Crippen molar-refractivity contribution in [3.05, 3.63) is 89.5 Å². The molecule has 5 rings (SSSR count). The van der Waals surface area contributed by atoms with Gasteiger partial charge in [-0.25, -0.2) is 0 Å². The molecule has 0 radical (unpaired) electrons. The summed E-state index contributed by atoms with van der Waals surface area (Å²) >= 11 is 0. The van der Waals surface area contributed by atoms with Gasteiger partial charge in [-0.1, -0.05) is 48.5 Å². The summed E-state index contributed by atoms with van der Waals surface area (Å²) in [6.45, 7) is 4.51. The first kappa shape index (κ1) is 19.7. The van der Waals surface area contributed by atoms with Gasteiger partial charge >= 0.3 is 0 Å². The van der Waals surface area contributed by atoms with E-state index in [4.69, 9.17) is 4.74 Å². The van der Waals surface area contributed by atoms with Crippen LogP contribution < -0.4 is 10.2 Å². The molecule has 1 amide bonds. The van der Waals surface area contributed by atoms with Crippen LogP contribution in [0.2, 0.25) is 0 Å². The highest BCUT2D eigenvalue weighted by Crippen LogP contribution is 2.47. The van der Waals surface area contributed by atoms with Gasteiger partial charge in [-0.15, -0.1) is 0 Å². The van der Waals surface area contributed by atoms with Crippen LogP contribution in [0.25, 0.3) is 0 Å². The number of nitrogens with one attached hydrogen (secondary N) is 1. The van der Waals surface area contributed by atoms with Crippen LogP contribution >= 0.6 is 0 Å². The average Bonchev–Trinajstić information content (AvgIpc) is 3.36. The van der Waals surface area contributed by atoms with E-state index in [1.54, 1.807) is 12.4 Å². The second kappa shape index (κ2) is 8.12. The van der Waals surface area contributed by atoms with Gasteiger partial charge in [-0.3, -0.25) is 14.8 Å². The van der Waals surface area contributed by atoms with E-state index >= 15 is 0 Å². The molecule has 2 aliphatic heterocycles. The summed E-state index contributed by atoms with van der Waals surface area (Å²) in [5, 5.41) is 2.96. The summed E-state index contributed by atoms with van der Waals surface area (Å²) < 4.78 is 6.04. The van der Waals surface area contributed by atoms with Gasteiger partial charge in [-0.2, -0.15) is 0 Å². The molecule has 1 N–H and O–H groups in total. The van der Waals surface area contributed by atoms with Crippen molar-refractivity contribution in [2.75, 3.05) is 18.1 Å². The second-order valence-electron chi connectivity index (χ2n) is 8.51. The molecule has 1 saturated heterocycles. The molecule has 1 spiro atoms. The molecule has 0 saturated carbocycles. The van der Waals surface area contributed by atoms with Gasteiger partial charge in [0, 0.05) is 30.4 Å². The molecule has 6 nitrogen and oxygen atoms in total. The zero-order valence-corrected chi connectivity index (χ0v) is 17.6. The number of carbonyl (C=O) groups is 1. The number of benzene rings is 2. The van der Waals surface area contributed by atoms with Crippen LogP contribution in [-0.4, -0.2) is 35.1 Å². The Labute approximate surface area is 182 Å². The van der Waals surface area contributed by atoms with Gasteiger partial charge < -0.3 is 15.0 Å². The van der Waals surface area contributed by atoms with Gasteiger partial charge in [-0.05, 0) is 30.5 Å². The molecule has 31 heavy (non-hydrogen) atoms. The lowest BCUT2D eigenvalue weighted by Crippen LogP contribution is -2.37. The Kier molecular flexibility index (Phi) is 5.16. The third kappa shape index (κ3) is 3.91. The summed E-state index contributed by atoms with van der Waals surface area (Å²) in [6, 6.07) is 19.0. The Morgan fingerprint density at radius 2 is 1.94 bits per heavy atom. The largest absolute Gasteiger partial charge is 0.367 e. The summed E-state index contributed by atoms with van der Waals surface area (Å²) in [6.07, 6.45) is 3.63. The number of aryl methyl sites for hydroxylation is 1. The number of hydrogen-bond donors (Lipinski definition) is 1. The smallest absolute Gasteiger partial charge is 0.249 e. The average molecular weight is 415 g/mol. The molecule has 0 aliphatic carbocycles. The molecule has 2 aromatic carbocycles. The number of para-hydroxylation sites is 1. The normalized spacial score (nSPS) is 22.0. The van der Waals surface area contributed by atoms with Crippen LogP contribution in [0, 0.1) is 6.92 Å². The molecule has 1 fully saturated rings. The van der Waals surface area contributed by atoms with Crippen LogP contribution in [0.1, 0.15) is 28.9 Å². The third-order valence-electron chi connectivity index (χ3n) is 6.23. The van der Waals surface area contributed by atoms with Crippen LogP contribution in [0.3, 0.4) is 0 Å². The van der Waals surface area contributed by atoms with Gasteiger partial charge in [0.2, 0.25) is 5.91 Å². The number of ether oxygens (including phenoxy) is 1. The van der Waals surface area contributed by atoms with Crippen molar-refractivity contribution in [3.63, 3.8) is 0 Å². The minimum absolute atomic E-state index is 0.0850. The second-order valence-corrected chi connectivity index (χ2v) is 8.51. The maximum Gasteiger partial charge on any atom is 0.249 e. The lowest BCUT2D eigenvalue weighted by Gasteiger charge is -2.24. The minimum atomic E-state index is -0.455. The van der Waals surface area contributed by atoms with E-state index in [-0.39, 0.29) is 11.3 Å². The lowest BCUT2D eigenvalue weighted by atomic mass is 9.80. The number of rotatable bonds is 5. The van der Waals surface area contributed by atoms with Gasteiger partial charge in [0.25, 0.3) is 0 Å². The molecule has 1 aromatic heterocycles. The molecule has 158 valence electrons. The first-order valence-electron chi connectivity index (χ1n) is 10.7. The van der Waals surface area contributed by atoms with Crippen LogP contribution in [-0.2, 0) is 28.0 Å². The summed E-state index contributed by atoms with van der Waals surface area (Å²) in [5.41, 5.74) is 5.25. The first-order chi connectivity index (χ1) is 15.1. The molecular formula is C25H26N4O2. The molecular weight excluding hydrogens is 388 g/mol. The highest BCUT2D eigenvalue weighted by molar-refractivity contribution is 5.81. The number of amides is 1. The van der Waals surface area contributed by atoms with E-state index in [1.165, 1.54) is 16.8 Å². The van der Waals surface area contributed by atoms with Crippen LogP contribution in [0.15, 0.2) is 67.0 Å². The van der Waals surface area contributed by atoms with E-state index in [2.05, 4.69) is 68.7 Å². The van der Waals surface area contributed by atoms with Gasteiger partial charge in [0.1, 0.15) is 6.10 Å². The molecule has 0 bridgehead atoms. The Balaban J connectivity index is 1.29. The maximum atomic E-state index is 12.8. The van der Waals surface area contributed by atoms with Crippen molar-refractivity contribution in [1.82, 2.24) is 15.3 Å². The van der Waals surface area contributed by atoms with E-state index in [9.17, 15) is 4.79 Å². The van der Waals surface area contributed by atoms with Crippen molar-refractivity contribution in [3.8, 4) is 0 Å². The molecule has 2 unspecified atom stereocenters. The van der Waals surface area contributed by atoms with E-state index in [1.807, 2.05) is 13.0 Å². The highest BCUT2D eigenvalue weighted by atomic mass is 16.5.